The molecule has 0 aliphatic rings. The molecule has 14 heavy (non-hydrogen) atoms. The molecule has 0 fully saturated rings. The molecule has 0 saturated heterocycles. The third kappa shape index (κ3) is 1.97. The Morgan fingerprint density at radius 1 is 1.21 bits per heavy atom. The van der Waals surface area contributed by atoms with Crippen LogP contribution in [0, 0.1) is 0 Å². The van der Waals surface area contributed by atoms with E-state index in [1.165, 1.54) is 0 Å². The average molecular weight is 206 g/mol. The lowest BCUT2D eigenvalue weighted by molar-refractivity contribution is 0.184. The predicted octanol–water partition coefficient (Wildman–Crippen LogP) is 2.35. The van der Waals surface area contributed by atoms with Crippen LogP contribution in [0.1, 0.15) is 5.01 Å². The van der Waals surface area contributed by atoms with Gasteiger partial charge in [-0.2, -0.15) is 0 Å². The second kappa shape index (κ2) is 4.30. The zero-order valence-electron chi connectivity index (χ0n) is 7.80. The molecular weight excluding hydrogens is 196 g/mol. The summed E-state index contributed by atoms with van der Waals surface area (Å²) < 4.78 is 4.98. The molecular formula is C10H10N2OS. The van der Waals surface area contributed by atoms with Gasteiger partial charge in [0.05, 0.1) is 6.61 Å². The molecule has 72 valence electrons. The average Bonchev–Trinajstić information content (AvgIpc) is 2.68. The molecule has 0 aliphatic carbocycles. The van der Waals surface area contributed by atoms with Crippen LogP contribution in [0.5, 0.6) is 0 Å². The highest BCUT2D eigenvalue weighted by Gasteiger charge is 2.04. The highest BCUT2D eigenvalue weighted by atomic mass is 32.1. The Labute approximate surface area is 86.4 Å². The summed E-state index contributed by atoms with van der Waals surface area (Å²) in [5.41, 5.74) is 1.10. The minimum Gasteiger partial charge on any atom is -0.377 e. The summed E-state index contributed by atoms with van der Waals surface area (Å²) >= 11 is 1.56. The van der Waals surface area contributed by atoms with Crippen molar-refractivity contribution in [1.29, 1.82) is 0 Å². The molecule has 2 aromatic rings. The molecule has 0 spiro atoms. The molecule has 0 N–H and O–H groups in total. The van der Waals surface area contributed by atoms with E-state index in [2.05, 4.69) is 10.2 Å². The van der Waals surface area contributed by atoms with Crippen molar-refractivity contribution in [3.8, 4) is 10.6 Å². The van der Waals surface area contributed by atoms with Crippen molar-refractivity contribution in [1.82, 2.24) is 10.2 Å². The lowest BCUT2D eigenvalue weighted by atomic mass is 10.2. The second-order valence-corrected chi connectivity index (χ2v) is 3.86. The molecule has 0 radical (unpaired) electrons. The van der Waals surface area contributed by atoms with Crippen LogP contribution in [0.2, 0.25) is 0 Å². The Hall–Kier alpha value is -1.26. The summed E-state index contributed by atoms with van der Waals surface area (Å²) in [6, 6.07) is 10.0. The van der Waals surface area contributed by atoms with Gasteiger partial charge < -0.3 is 4.74 Å². The highest BCUT2D eigenvalue weighted by molar-refractivity contribution is 7.14. The van der Waals surface area contributed by atoms with Gasteiger partial charge >= 0.3 is 0 Å². The van der Waals surface area contributed by atoms with Crippen LogP contribution in [0.15, 0.2) is 30.3 Å². The van der Waals surface area contributed by atoms with Gasteiger partial charge in [-0.25, -0.2) is 0 Å². The van der Waals surface area contributed by atoms with Gasteiger partial charge in [0.25, 0.3) is 0 Å². The zero-order valence-corrected chi connectivity index (χ0v) is 8.62. The Morgan fingerprint density at radius 2 is 2.00 bits per heavy atom. The molecule has 1 heterocycles. The molecule has 0 bridgehead atoms. The van der Waals surface area contributed by atoms with Crippen LogP contribution >= 0.6 is 11.3 Å². The molecule has 3 nitrogen and oxygen atoms in total. The number of rotatable bonds is 3. The number of hydrogen-bond donors (Lipinski definition) is 0. The fourth-order valence-corrected chi connectivity index (χ4v) is 1.95. The van der Waals surface area contributed by atoms with Crippen molar-refractivity contribution in [3.05, 3.63) is 35.3 Å². The third-order valence-corrected chi connectivity index (χ3v) is 2.70. The van der Waals surface area contributed by atoms with Gasteiger partial charge in [0.2, 0.25) is 0 Å². The standard InChI is InChI=1S/C10H10N2OS/c1-13-7-9-11-12-10(14-9)8-5-3-2-4-6-8/h2-6H,7H2,1H3. The van der Waals surface area contributed by atoms with Crippen molar-refractivity contribution in [2.45, 2.75) is 6.61 Å². The largest absolute Gasteiger partial charge is 0.377 e. The number of aromatic nitrogens is 2. The number of methoxy groups -OCH3 is 1. The molecule has 4 heteroatoms. The van der Waals surface area contributed by atoms with Gasteiger partial charge in [-0.3, -0.25) is 0 Å². The Balaban J connectivity index is 2.25. The zero-order chi connectivity index (χ0) is 9.80. The molecule has 0 amide bonds. The maximum Gasteiger partial charge on any atom is 0.147 e. The number of nitrogens with zero attached hydrogens (tertiary/aromatic N) is 2. The van der Waals surface area contributed by atoms with Crippen LogP contribution in [0.25, 0.3) is 10.6 Å². The van der Waals surface area contributed by atoms with E-state index in [9.17, 15) is 0 Å². The first-order valence-electron chi connectivity index (χ1n) is 4.27. The Kier molecular flexibility index (Phi) is 2.86. The highest BCUT2D eigenvalue weighted by Crippen LogP contribution is 2.22. The van der Waals surface area contributed by atoms with E-state index in [1.807, 2.05) is 30.3 Å². The molecule has 0 atom stereocenters. The lowest BCUT2D eigenvalue weighted by Crippen LogP contribution is -1.84. The molecule has 0 unspecified atom stereocenters. The minimum absolute atomic E-state index is 0.532. The SMILES string of the molecule is COCc1nnc(-c2ccccc2)s1. The molecule has 0 aliphatic heterocycles. The maximum atomic E-state index is 4.98. The lowest BCUT2D eigenvalue weighted by Gasteiger charge is -1.91. The van der Waals surface area contributed by atoms with Crippen molar-refractivity contribution in [2.75, 3.05) is 7.11 Å². The summed E-state index contributed by atoms with van der Waals surface area (Å²) in [4.78, 5) is 0. The number of hydrogen-bond acceptors (Lipinski definition) is 4. The normalized spacial score (nSPS) is 10.4. The first-order valence-corrected chi connectivity index (χ1v) is 5.08. The summed E-state index contributed by atoms with van der Waals surface area (Å²) in [7, 11) is 1.66. The second-order valence-electron chi connectivity index (χ2n) is 2.80. The van der Waals surface area contributed by atoms with E-state index in [1.54, 1.807) is 18.4 Å². The summed E-state index contributed by atoms with van der Waals surface area (Å²) in [5.74, 6) is 0. The van der Waals surface area contributed by atoms with Gasteiger partial charge in [0, 0.05) is 12.7 Å². The van der Waals surface area contributed by atoms with E-state index < -0.39 is 0 Å². The van der Waals surface area contributed by atoms with Crippen LogP contribution < -0.4 is 0 Å². The fourth-order valence-electron chi connectivity index (χ4n) is 1.13. The molecule has 1 aromatic carbocycles. The fraction of sp³-hybridized carbons (Fsp3) is 0.200. The van der Waals surface area contributed by atoms with Crippen LogP contribution in [-0.2, 0) is 11.3 Å². The predicted molar refractivity (Wildman–Crippen MR) is 56.1 cm³/mol. The number of benzene rings is 1. The summed E-state index contributed by atoms with van der Waals surface area (Å²) in [6.07, 6.45) is 0. The minimum atomic E-state index is 0.532. The van der Waals surface area contributed by atoms with Gasteiger partial charge in [0.15, 0.2) is 0 Å². The van der Waals surface area contributed by atoms with Gasteiger partial charge in [0.1, 0.15) is 10.0 Å². The van der Waals surface area contributed by atoms with Crippen LogP contribution in [0.4, 0.5) is 0 Å². The summed E-state index contributed by atoms with van der Waals surface area (Å²) in [5, 5.41) is 9.97. The smallest absolute Gasteiger partial charge is 0.147 e. The first-order chi connectivity index (χ1) is 6.90. The van der Waals surface area contributed by atoms with Gasteiger partial charge in [-0.05, 0) is 0 Å². The van der Waals surface area contributed by atoms with E-state index in [4.69, 9.17) is 4.74 Å². The van der Waals surface area contributed by atoms with E-state index in [-0.39, 0.29) is 0 Å². The molecule has 2 rings (SSSR count). The summed E-state index contributed by atoms with van der Waals surface area (Å²) in [6.45, 7) is 0.532. The van der Waals surface area contributed by atoms with Crippen molar-refractivity contribution >= 4 is 11.3 Å². The maximum absolute atomic E-state index is 4.98. The van der Waals surface area contributed by atoms with Crippen molar-refractivity contribution in [2.24, 2.45) is 0 Å². The number of ether oxygens (including phenoxy) is 1. The molecule has 1 aromatic heterocycles. The van der Waals surface area contributed by atoms with Crippen molar-refractivity contribution < 1.29 is 4.74 Å². The topological polar surface area (TPSA) is 35.0 Å². The monoisotopic (exact) mass is 206 g/mol. The van der Waals surface area contributed by atoms with E-state index in [0.717, 1.165) is 15.6 Å². The van der Waals surface area contributed by atoms with Gasteiger partial charge in [-0.1, -0.05) is 41.7 Å². The van der Waals surface area contributed by atoms with Crippen LogP contribution in [-0.4, -0.2) is 17.3 Å². The Bertz CT molecular complexity index is 400. The van der Waals surface area contributed by atoms with Crippen LogP contribution in [0.3, 0.4) is 0 Å². The van der Waals surface area contributed by atoms with E-state index in [0.29, 0.717) is 6.61 Å². The van der Waals surface area contributed by atoms with Crippen molar-refractivity contribution in [3.63, 3.8) is 0 Å². The van der Waals surface area contributed by atoms with Gasteiger partial charge in [-0.15, -0.1) is 10.2 Å². The third-order valence-electron chi connectivity index (χ3n) is 1.76. The van der Waals surface area contributed by atoms with E-state index >= 15 is 0 Å². The molecule has 0 saturated carbocycles. The first kappa shape index (κ1) is 9.30. The quantitative estimate of drug-likeness (QED) is 0.773. The Morgan fingerprint density at radius 3 is 2.71 bits per heavy atom.